The number of fused-ring (bicyclic) bond motifs is 1. The van der Waals surface area contributed by atoms with Gasteiger partial charge in [-0.25, -0.2) is 17.6 Å². The lowest BCUT2D eigenvalue weighted by atomic mass is 10.0. The third-order valence-corrected chi connectivity index (χ3v) is 6.62. The smallest absolute Gasteiger partial charge is 0.273 e. The molecule has 1 fully saturated rings. The van der Waals surface area contributed by atoms with Crippen molar-refractivity contribution in [2.75, 3.05) is 25.5 Å². The average Bonchev–Trinajstić information content (AvgIpc) is 2.89. The first-order valence-corrected chi connectivity index (χ1v) is 9.55. The van der Waals surface area contributed by atoms with Crippen molar-refractivity contribution in [1.82, 2.24) is 4.90 Å². The van der Waals surface area contributed by atoms with Crippen molar-refractivity contribution in [1.29, 1.82) is 0 Å². The lowest BCUT2D eigenvalue weighted by molar-refractivity contribution is 0.0501. The first-order valence-electron chi connectivity index (χ1n) is 7.66. The van der Waals surface area contributed by atoms with Gasteiger partial charge in [-0.15, -0.1) is 11.3 Å². The van der Waals surface area contributed by atoms with Gasteiger partial charge in [0, 0.05) is 17.0 Å². The number of hydrogen-bond acceptors (Lipinski definition) is 3. The van der Waals surface area contributed by atoms with E-state index in [-0.39, 0.29) is 17.0 Å². The van der Waals surface area contributed by atoms with E-state index in [2.05, 4.69) is 17.3 Å². The Bertz CT molecular complexity index is 728. The maximum atomic E-state index is 14.3. The molecule has 2 heterocycles. The second-order valence-electron chi connectivity index (χ2n) is 6.05. The molecule has 1 saturated heterocycles. The Hall–Kier alpha value is -0.610. The lowest BCUT2D eigenvalue weighted by Crippen LogP contribution is -2.36. The fourth-order valence-electron chi connectivity index (χ4n) is 3.02. The largest absolute Gasteiger partial charge is 0.381 e. The van der Waals surface area contributed by atoms with Crippen LogP contribution in [0.5, 0.6) is 0 Å². The molecule has 8 heteroatoms. The van der Waals surface area contributed by atoms with Crippen LogP contribution >= 0.6 is 33.9 Å². The molecule has 1 aliphatic heterocycles. The average molecular weight is 472 g/mol. The maximum absolute atomic E-state index is 14.3. The fraction of sp³-hybridized carbons (Fsp3) is 0.500. The van der Waals surface area contributed by atoms with Gasteiger partial charge in [-0.2, -0.15) is 0 Å². The Balaban J connectivity index is 1.98. The molecule has 2 nitrogen and oxygen atoms in total. The molecule has 0 aliphatic carbocycles. The van der Waals surface area contributed by atoms with Gasteiger partial charge in [-0.1, -0.05) is 0 Å². The molecule has 0 spiro atoms. The summed E-state index contributed by atoms with van der Waals surface area (Å²) in [5, 5.41) is 3.37. The number of rotatable bonds is 4. The van der Waals surface area contributed by atoms with Gasteiger partial charge in [0.1, 0.15) is 5.82 Å². The standard InChI is InChI=1S/C16H17F4IN2S/c1-23-6-4-8(5-7-23)22-10-3-2-9(17)11-12(13(18)15(19)20)16(21)24-14(10)11/h2-3,8,13,15,22H,4-7H2,1H3. The zero-order valence-corrected chi connectivity index (χ0v) is 15.9. The number of nitrogens with zero attached hydrogens (tertiary/aromatic N) is 1. The number of nitrogens with one attached hydrogen (secondary N) is 1. The van der Waals surface area contributed by atoms with E-state index in [0.717, 1.165) is 37.3 Å². The van der Waals surface area contributed by atoms with Crippen LogP contribution in [0.1, 0.15) is 24.6 Å². The third kappa shape index (κ3) is 3.50. The molecule has 132 valence electrons. The molecule has 1 aromatic heterocycles. The summed E-state index contributed by atoms with van der Waals surface area (Å²) in [4.78, 5) is 2.24. The van der Waals surface area contributed by atoms with Crippen molar-refractivity contribution in [3.63, 3.8) is 0 Å². The monoisotopic (exact) mass is 472 g/mol. The Kier molecular flexibility index (Phi) is 5.55. The molecule has 0 amide bonds. The van der Waals surface area contributed by atoms with E-state index in [9.17, 15) is 17.6 Å². The minimum absolute atomic E-state index is 0.0184. The summed E-state index contributed by atoms with van der Waals surface area (Å²) >= 11 is 2.97. The predicted molar refractivity (Wildman–Crippen MR) is 98.5 cm³/mol. The minimum Gasteiger partial charge on any atom is -0.381 e. The van der Waals surface area contributed by atoms with Gasteiger partial charge in [0.05, 0.1) is 13.3 Å². The summed E-state index contributed by atoms with van der Waals surface area (Å²) in [5.41, 5.74) is 0.465. The number of benzene rings is 1. The van der Waals surface area contributed by atoms with Gasteiger partial charge < -0.3 is 10.2 Å². The Labute approximate surface area is 155 Å². The van der Waals surface area contributed by atoms with Gasteiger partial charge in [0.15, 0.2) is 6.17 Å². The van der Waals surface area contributed by atoms with Crippen LogP contribution in [0.25, 0.3) is 10.1 Å². The first-order chi connectivity index (χ1) is 11.4. The number of thiophene rings is 1. The van der Waals surface area contributed by atoms with Gasteiger partial charge >= 0.3 is 0 Å². The highest BCUT2D eigenvalue weighted by Gasteiger charge is 2.30. The molecule has 1 atom stereocenters. The van der Waals surface area contributed by atoms with Crippen LogP contribution in [0.15, 0.2) is 12.1 Å². The molecule has 2 aromatic rings. The summed E-state index contributed by atoms with van der Waals surface area (Å²) < 4.78 is 54.7. The highest BCUT2D eigenvalue weighted by atomic mass is 127. The molecule has 1 aliphatic rings. The Morgan fingerprint density at radius 2 is 1.92 bits per heavy atom. The van der Waals surface area contributed by atoms with Crippen LogP contribution < -0.4 is 5.32 Å². The van der Waals surface area contributed by atoms with E-state index < -0.39 is 18.4 Å². The molecule has 3 rings (SSSR count). The number of piperidine rings is 1. The van der Waals surface area contributed by atoms with Crippen LogP contribution in [-0.2, 0) is 0 Å². The predicted octanol–water partition coefficient (Wildman–Crippen LogP) is 5.43. The van der Waals surface area contributed by atoms with Crippen molar-refractivity contribution >= 4 is 49.7 Å². The van der Waals surface area contributed by atoms with Gasteiger partial charge in [-0.3, -0.25) is 0 Å². The topological polar surface area (TPSA) is 15.3 Å². The molecule has 0 saturated carbocycles. The van der Waals surface area contributed by atoms with Crippen molar-refractivity contribution in [3.8, 4) is 0 Å². The van der Waals surface area contributed by atoms with Crippen LogP contribution in [0.3, 0.4) is 0 Å². The highest BCUT2D eigenvalue weighted by molar-refractivity contribution is 14.1. The zero-order chi connectivity index (χ0) is 17.4. The van der Waals surface area contributed by atoms with Crippen LogP contribution in [0.4, 0.5) is 23.2 Å². The second-order valence-corrected chi connectivity index (χ2v) is 8.88. The van der Waals surface area contributed by atoms with E-state index >= 15 is 0 Å². The van der Waals surface area contributed by atoms with Gasteiger partial charge in [0.2, 0.25) is 0 Å². The van der Waals surface area contributed by atoms with E-state index in [1.807, 2.05) is 22.6 Å². The van der Waals surface area contributed by atoms with E-state index in [0.29, 0.717) is 13.3 Å². The fourth-order valence-corrected chi connectivity index (χ4v) is 5.30. The number of halogens is 5. The summed E-state index contributed by atoms with van der Waals surface area (Å²) in [6, 6.07) is 3.08. The van der Waals surface area contributed by atoms with E-state index in [1.54, 1.807) is 6.07 Å². The minimum atomic E-state index is -3.17. The third-order valence-electron chi connectivity index (χ3n) is 4.35. The van der Waals surface area contributed by atoms with Gasteiger partial charge in [0.25, 0.3) is 6.43 Å². The molecule has 1 unspecified atom stereocenters. The summed E-state index contributed by atoms with van der Waals surface area (Å²) in [6.07, 6.45) is -3.74. The molecule has 24 heavy (non-hydrogen) atoms. The van der Waals surface area contributed by atoms with Crippen molar-refractivity contribution in [2.24, 2.45) is 0 Å². The summed E-state index contributed by atoms with van der Waals surface area (Å²) in [7, 11) is 2.06. The van der Waals surface area contributed by atoms with Crippen molar-refractivity contribution in [2.45, 2.75) is 31.5 Å². The maximum Gasteiger partial charge on any atom is 0.273 e. The zero-order valence-electron chi connectivity index (χ0n) is 13.0. The highest BCUT2D eigenvalue weighted by Crippen LogP contribution is 2.44. The number of alkyl halides is 3. The molecular weight excluding hydrogens is 455 g/mol. The van der Waals surface area contributed by atoms with Crippen molar-refractivity contribution < 1.29 is 17.6 Å². The Morgan fingerprint density at radius 1 is 1.25 bits per heavy atom. The molecule has 1 aromatic carbocycles. The lowest BCUT2D eigenvalue weighted by Gasteiger charge is -2.30. The Morgan fingerprint density at radius 3 is 2.54 bits per heavy atom. The van der Waals surface area contributed by atoms with Crippen molar-refractivity contribution in [3.05, 3.63) is 26.4 Å². The van der Waals surface area contributed by atoms with E-state index in [1.165, 1.54) is 6.07 Å². The SMILES string of the molecule is CN1CCC(Nc2ccc(F)c3c(C(F)C(F)F)c(I)sc23)CC1. The number of likely N-dealkylation sites (tertiary alicyclic amines) is 1. The second kappa shape index (κ2) is 7.33. The summed E-state index contributed by atoms with van der Waals surface area (Å²) in [5.74, 6) is -0.656. The normalized spacial score (nSPS) is 18.5. The van der Waals surface area contributed by atoms with Crippen LogP contribution in [-0.4, -0.2) is 37.5 Å². The molecule has 1 N–H and O–H groups in total. The summed E-state index contributed by atoms with van der Waals surface area (Å²) in [6.45, 7) is 1.93. The van der Waals surface area contributed by atoms with Gasteiger partial charge in [-0.05, 0) is 67.7 Å². The number of anilines is 1. The van der Waals surface area contributed by atoms with Crippen LogP contribution in [0.2, 0.25) is 0 Å². The van der Waals surface area contributed by atoms with E-state index in [4.69, 9.17) is 0 Å². The first kappa shape index (κ1) is 18.2. The molecule has 0 radical (unpaired) electrons. The quantitative estimate of drug-likeness (QED) is 0.472. The number of hydrogen-bond donors (Lipinski definition) is 1. The molecular formula is C16H17F4IN2S. The molecule has 0 bridgehead atoms. The van der Waals surface area contributed by atoms with Crippen LogP contribution in [0, 0.1) is 8.70 Å².